The Bertz CT molecular complexity index is 506. The third-order valence-electron chi connectivity index (χ3n) is 3.28. The lowest BCUT2D eigenvalue weighted by Gasteiger charge is -2.13. The molecule has 3 N–H and O–H groups in total. The minimum atomic E-state index is -0.108. The molecule has 1 aromatic rings. The van der Waals surface area contributed by atoms with Crippen molar-refractivity contribution < 1.29 is 4.79 Å². The lowest BCUT2D eigenvalue weighted by Crippen LogP contribution is -2.41. The van der Waals surface area contributed by atoms with Crippen molar-refractivity contribution >= 4 is 47.4 Å². The van der Waals surface area contributed by atoms with Crippen LogP contribution in [0.15, 0.2) is 29.3 Å². The molecule has 24 heavy (non-hydrogen) atoms. The Balaban J connectivity index is 0.00000529. The molecule has 136 valence electrons. The van der Waals surface area contributed by atoms with E-state index < -0.39 is 0 Å². The fourth-order valence-corrected chi connectivity index (χ4v) is 2.12. The fourth-order valence-electron chi connectivity index (χ4n) is 2.00. The van der Waals surface area contributed by atoms with Gasteiger partial charge >= 0.3 is 0 Å². The third kappa shape index (κ3) is 9.97. The number of benzene rings is 1. The van der Waals surface area contributed by atoms with Crippen molar-refractivity contribution in [1.82, 2.24) is 16.0 Å². The van der Waals surface area contributed by atoms with E-state index in [9.17, 15) is 4.79 Å². The summed E-state index contributed by atoms with van der Waals surface area (Å²) in [6.07, 6.45) is 2.31. The summed E-state index contributed by atoms with van der Waals surface area (Å²) < 4.78 is 0. The molecule has 5 nitrogen and oxygen atoms in total. The van der Waals surface area contributed by atoms with Gasteiger partial charge in [-0.1, -0.05) is 25.4 Å². The minimum Gasteiger partial charge on any atom is -0.356 e. The van der Waals surface area contributed by atoms with Crippen molar-refractivity contribution in [3.63, 3.8) is 0 Å². The summed E-state index contributed by atoms with van der Waals surface area (Å²) in [5, 5.41) is 9.91. The normalized spacial score (nSPS) is 11.0. The molecule has 0 heterocycles. The first-order valence-corrected chi connectivity index (χ1v) is 8.39. The van der Waals surface area contributed by atoms with Gasteiger partial charge in [-0.25, -0.2) is 0 Å². The minimum absolute atomic E-state index is 0. The summed E-state index contributed by atoms with van der Waals surface area (Å²) in [6.45, 7) is 6.47. The van der Waals surface area contributed by atoms with E-state index in [2.05, 4.69) is 34.8 Å². The Labute approximate surface area is 167 Å². The summed E-state index contributed by atoms with van der Waals surface area (Å²) in [4.78, 5) is 16.1. The van der Waals surface area contributed by atoms with E-state index in [1.165, 1.54) is 6.42 Å². The summed E-state index contributed by atoms with van der Waals surface area (Å²) >= 11 is 5.80. The number of rotatable bonds is 8. The number of nitrogens with one attached hydrogen (secondary N) is 3. The van der Waals surface area contributed by atoms with Crippen molar-refractivity contribution in [2.24, 2.45) is 10.9 Å². The second-order valence-corrected chi connectivity index (χ2v) is 6.16. The van der Waals surface area contributed by atoms with Gasteiger partial charge in [0.1, 0.15) is 0 Å². The van der Waals surface area contributed by atoms with Crippen LogP contribution in [-0.4, -0.2) is 38.5 Å². The molecule has 0 unspecified atom stereocenters. The number of carbonyl (C=O) groups excluding carboxylic acids is 1. The maximum atomic E-state index is 11.9. The van der Waals surface area contributed by atoms with Crippen LogP contribution in [0.1, 0.15) is 37.0 Å². The molecule has 0 aliphatic carbocycles. The predicted octanol–water partition coefficient (Wildman–Crippen LogP) is 3.29. The van der Waals surface area contributed by atoms with E-state index >= 15 is 0 Å². The number of hydrogen-bond donors (Lipinski definition) is 3. The molecule has 0 spiro atoms. The van der Waals surface area contributed by atoms with Crippen LogP contribution in [0, 0.1) is 5.92 Å². The van der Waals surface area contributed by atoms with Crippen molar-refractivity contribution in [2.45, 2.75) is 26.7 Å². The van der Waals surface area contributed by atoms with E-state index in [4.69, 9.17) is 11.6 Å². The lowest BCUT2D eigenvalue weighted by atomic mass is 10.1. The maximum Gasteiger partial charge on any atom is 0.251 e. The Morgan fingerprint density at radius 3 is 2.25 bits per heavy atom. The van der Waals surface area contributed by atoms with Crippen molar-refractivity contribution in [3.8, 4) is 0 Å². The molecule has 1 amide bonds. The second kappa shape index (κ2) is 13.3. The fraction of sp³-hybridized carbons (Fsp3) is 0.529. The highest BCUT2D eigenvalue weighted by Crippen LogP contribution is 2.09. The van der Waals surface area contributed by atoms with Gasteiger partial charge in [0, 0.05) is 37.3 Å². The van der Waals surface area contributed by atoms with Crippen molar-refractivity contribution in [1.29, 1.82) is 0 Å². The number of nitrogens with zero attached hydrogens (tertiary/aromatic N) is 1. The SMILES string of the molecule is CN=C(NCCCC(C)C)NCCNC(=O)c1ccc(Cl)cc1.I. The number of guanidine groups is 1. The van der Waals surface area contributed by atoms with Crippen LogP contribution in [-0.2, 0) is 0 Å². The topological polar surface area (TPSA) is 65.5 Å². The highest BCUT2D eigenvalue weighted by molar-refractivity contribution is 14.0. The van der Waals surface area contributed by atoms with Gasteiger partial charge in [0.15, 0.2) is 5.96 Å². The van der Waals surface area contributed by atoms with Crippen LogP contribution in [0.5, 0.6) is 0 Å². The first-order valence-electron chi connectivity index (χ1n) is 8.01. The third-order valence-corrected chi connectivity index (χ3v) is 3.54. The molecule has 0 saturated carbocycles. The summed E-state index contributed by atoms with van der Waals surface area (Å²) in [5.41, 5.74) is 0.602. The van der Waals surface area contributed by atoms with Crippen LogP contribution in [0.4, 0.5) is 0 Å². The number of aliphatic imine (C=N–C) groups is 1. The molecular formula is C17H28ClIN4O. The smallest absolute Gasteiger partial charge is 0.251 e. The van der Waals surface area contributed by atoms with Gasteiger partial charge in [0.05, 0.1) is 0 Å². The second-order valence-electron chi connectivity index (χ2n) is 5.72. The highest BCUT2D eigenvalue weighted by Gasteiger charge is 2.04. The molecule has 1 rings (SSSR count). The number of amides is 1. The molecule has 0 aliphatic heterocycles. The average Bonchev–Trinajstić information content (AvgIpc) is 2.53. The number of carbonyl (C=O) groups is 1. The molecule has 0 bridgehead atoms. The highest BCUT2D eigenvalue weighted by atomic mass is 127. The van der Waals surface area contributed by atoms with Gasteiger partial charge in [0.25, 0.3) is 5.91 Å². The first kappa shape index (κ1) is 23.0. The van der Waals surface area contributed by atoms with E-state index in [0.29, 0.717) is 23.7 Å². The van der Waals surface area contributed by atoms with Crippen molar-refractivity contribution in [3.05, 3.63) is 34.9 Å². The molecule has 0 fully saturated rings. The van der Waals surface area contributed by atoms with Crippen LogP contribution >= 0.6 is 35.6 Å². The number of halogens is 2. The van der Waals surface area contributed by atoms with E-state index in [-0.39, 0.29) is 29.9 Å². The van der Waals surface area contributed by atoms with Crippen LogP contribution in [0.3, 0.4) is 0 Å². The summed E-state index contributed by atoms with van der Waals surface area (Å²) in [7, 11) is 1.74. The quantitative estimate of drug-likeness (QED) is 0.238. The van der Waals surface area contributed by atoms with Gasteiger partial charge in [-0.2, -0.15) is 0 Å². The van der Waals surface area contributed by atoms with Gasteiger partial charge in [-0.05, 0) is 43.0 Å². The molecular weight excluding hydrogens is 439 g/mol. The largest absolute Gasteiger partial charge is 0.356 e. The molecule has 0 radical (unpaired) electrons. The Hall–Kier alpha value is -1.02. The molecule has 0 aliphatic rings. The van der Waals surface area contributed by atoms with E-state index in [0.717, 1.165) is 24.8 Å². The monoisotopic (exact) mass is 466 g/mol. The standard InChI is InChI=1S/C17H27ClN4O.HI/c1-13(2)5-4-10-21-17(19-3)22-12-11-20-16(23)14-6-8-15(18)9-7-14;/h6-9,13H,4-5,10-12H2,1-3H3,(H,20,23)(H2,19,21,22);1H. The van der Waals surface area contributed by atoms with Crippen molar-refractivity contribution in [2.75, 3.05) is 26.7 Å². The Morgan fingerprint density at radius 2 is 1.67 bits per heavy atom. The van der Waals surface area contributed by atoms with E-state index in [1.807, 2.05) is 0 Å². The van der Waals surface area contributed by atoms with Crippen LogP contribution < -0.4 is 16.0 Å². The Kier molecular flexibility index (Phi) is 12.7. The average molecular weight is 467 g/mol. The summed E-state index contributed by atoms with van der Waals surface area (Å²) in [5.74, 6) is 1.37. The molecule has 0 atom stereocenters. The number of hydrogen-bond acceptors (Lipinski definition) is 2. The summed E-state index contributed by atoms with van der Waals surface area (Å²) in [6, 6.07) is 6.83. The van der Waals surface area contributed by atoms with Gasteiger partial charge < -0.3 is 16.0 Å². The van der Waals surface area contributed by atoms with Gasteiger partial charge in [-0.3, -0.25) is 9.79 Å². The maximum absolute atomic E-state index is 11.9. The lowest BCUT2D eigenvalue weighted by molar-refractivity contribution is 0.0954. The first-order chi connectivity index (χ1) is 11.0. The van der Waals surface area contributed by atoms with Crippen LogP contribution in [0.2, 0.25) is 5.02 Å². The molecule has 7 heteroatoms. The van der Waals surface area contributed by atoms with Gasteiger partial charge in [-0.15, -0.1) is 24.0 Å². The van der Waals surface area contributed by atoms with E-state index in [1.54, 1.807) is 31.3 Å². The zero-order chi connectivity index (χ0) is 17.1. The predicted molar refractivity (Wildman–Crippen MR) is 113 cm³/mol. The zero-order valence-electron chi connectivity index (χ0n) is 14.6. The van der Waals surface area contributed by atoms with Gasteiger partial charge in [0.2, 0.25) is 0 Å². The molecule has 0 saturated heterocycles. The Morgan fingerprint density at radius 1 is 1.08 bits per heavy atom. The zero-order valence-corrected chi connectivity index (χ0v) is 17.7. The molecule has 1 aromatic carbocycles. The molecule has 0 aromatic heterocycles. The van der Waals surface area contributed by atoms with Crippen LogP contribution in [0.25, 0.3) is 0 Å².